The molecule has 0 saturated heterocycles. The fourth-order valence-corrected chi connectivity index (χ4v) is 3.39. The van der Waals surface area contributed by atoms with Crippen molar-refractivity contribution in [3.63, 3.8) is 0 Å². The van der Waals surface area contributed by atoms with Gasteiger partial charge in [0.05, 0.1) is 17.1 Å². The van der Waals surface area contributed by atoms with Crippen LogP contribution < -0.4 is 9.64 Å². The van der Waals surface area contributed by atoms with Gasteiger partial charge in [-0.2, -0.15) is 0 Å². The minimum atomic E-state index is 0.849. The van der Waals surface area contributed by atoms with Gasteiger partial charge in [-0.1, -0.05) is 54.6 Å². The molecule has 26 heavy (non-hydrogen) atoms. The number of fused-ring (bicyclic) bond motifs is 2. The van der Waals surface area contributed by atoms with Crippen LogP contribution in [0.15, 0.2) is 97.3 Å². The fraction of sp³-hybridized carbons (Fsp3) is 0. The van der Waals surface area contributed by atoms with Crippen molar-refractivity contribution in [1.29, 1.82) is 0 Å². The SMILES string of the molecule is c1ccc(-c2cnccc2N2c3ccccc3Oc3ccccc32)cc1. The molecule has 0 radical (unpaired) electrons. The second-order valence-electron chi connectivity index (χ2n) is 6.13. The molecule has 4 aromatic rings. The van der Waals surface area contributed by atoms with Crippen LogP contribution in [0.5, 0.6) is 11.5 Å². The maximum atomic E-state index is 6.12. The zero-order chi connectivity index (χ0) is 17.3. The molecule has 3 nitrogen and oxygen atoms in total. The number of benzene rings is 3. The summed E-state index contributed by atoms with van der Waals surface area (Å²) < 4.78 is 6.12. The predicted molar refractivity (Wildman–Crippen MR) is 104 cm³/mol. The van der Waals surface area contributed by atoms with Crippen molar-refractivity contribution in [2.75, 3.05) is 4.90 Å². The van der Waals surface area contributed by atoms with E-state index in [1.165, 1.54) is 0 Å². The lowest BCUT2D eigenvalue weighted by molar-refractivity contribution is 0.477. The third-order valence-electron chi connectivity index (χ3n) is 4.56. The van der Waals surface area contributed by atoms with E-state index in [0.717, 1.165) is 39.7 Å². The quantitative estimate of drug-likeness (QED) is 0.377. The van der Waals surface area contributed by atoms with E-state index in [0.29, 0.717) is 0 Å². The smallest absolute Gasteiger partial charge is 0.151 e. The Kier molecular flexibility index (Phi) is 3.42. The molecule has 0 aliphatic carbocycles. The summed E-state index contributed by atoms with van der Waals surface area (Å²) in [5.74, 6) is 1.70. The van der Waals surface area contributed by atoms with Crippen LogP contribution in [0.4, 0.5) is 17.1 Å². The van der Waals surface area contributed by atoms with Gasteiger partial charge in [0.15, 0.2) is 11.5 Å². The van der Waals surface area contributed by atoms with Crippen LogP contribution in [0, 0.1) is 0 Å². The van der Waals surface area contributed by atoms with Crippen LogP contribution in [0.3, 0.4) is 0 Å². The van der Waals surface area contributed by atoms with Crippen LogP contribution >= 0.6 is 0 Å². The molecule has 0 bridgehead atoms. The monoisotopic (exact) mass is 336 g/mol. The van der Waals surface area contributed by atoms with Gasteiger partial charge in [-0.3, -0.25) is 4.98 Å². The first-order valence-electron chi connectivity index (χ1n) is 8.57. The summed E-state index contributed by atoms with van der Waals surface area (Å²) in [5, 5.41) is 0. The third-order valence-corrected chi connectivity index (χ3v) is 4.56. The molecule has 0 unspecified atom stereocenters. The lowest BCUT2D eigenvalue weighted by Crippen LogP contribution is -2.16. The highest BCUT2D eigenvalue weighted by atomic mass is 16.5. The maximum absolute atomic E-state index is 6.12. The van der Waals surface area contributed by atoms with Gasteiger partial charge in [-0.25, -0.2) is 0 Å². The Morgan fingerprint density at radius 2 is 1.23 bits per heavy atom. The van der Waals surface area contributed by atoms with E-state index in [4.69, 9.17) is 4.74 Å². The van der Waals surface area contributed by atoms with Crippen LogP contribution in [0.1, 0.15) is 0 Å². The van der Waals surface area contributed by atoms with Crippen molar-refractivity contribution in [1.82, 2.24) is 4.98 Å². The van der Waals surface area contributed by atoms with Crippen molar-refractivity contribution in [3.05, 3.63) is 97.3 Å². The van der Waals surface area contributed by atoms with E-state index in [2.05, 4.69) is 40.2 Å². The molecule has 0 amide bonds. The number of ether oxygens (including phenoxy) is 1. The second kappa shape index (κ2) is 6.05. The summed E-state index contributed by atoms with van der Waals surface area (Å²) in [6.45, 7) is 0. The molecule has 0 N–H and O–H groups in total. The normalized spacial score (nSPS) is 12.1. The van der Waals surface area contributed by atoms with E-state index in [9.17, 15) is 0 Å². The Hall–Kier alpha value is -3.59. The Morgan fingerprint density at radius 3 is 1.92 bits per heavy atom. The first kappa shape index (κ1) is 14.7. The van der Waals surface area contributed by atoms with Gasteiger partial charge in [-0.15, -0.1) is 0 Å². The molecule has 0 saturated carbocycles. The van der Waals surface area contributed by atoms with Gasteiger partial charge in [0.2, 0.25) is 0 Å². The largest absolute Gasteiger partial charge is 0.453 e. The highest BCUT2D eigenvalue weighted by Crippen LogP contribution is 2.51. The lowest BCUT2D eigenvalue weighted by Gasteiger charge is -2.33. The molecule has 1 aromatic heterocycles. The standard InChI is InChI=1S/C23H16N2O/c1-2-8-17(9-3-1)18-16-24-15-14-19(18)25-20-10-4-6-12-22(20)26-23-13-7-5-11-21(23)25/h1-16H. The number of aromatic nitrogens is 1. The molecule has 124 valence electrons. The van der Waals surface area contributed by atoms with Crippen LogP contribution in [-0.4, -0.2) is 4.98 Å². The van der Waals surface area contributed by atoms with E-state index in [-0.39, 0.29) is 0 Å². The van der Waals surface area contributed by atoms with E-state index in [1.54, 1.807) is 0 Å². The summed E-state index contributed by atoms with van der Waals surface area (Å²) in [7, 11) is 0. The van der Waals surface area contributed by atoms with Crippen molar-refractivity contribution in [2.45, 2.75) is 0 Å². The average molecular weight is 336 g/mol. The number of anilines is 3. The third kappa shape index (κ3) is 2.33. The Morgan fingerprint density at radius 1 is 0.615 bits per heavy atom. The molecule has 2 heterocycles. The average Bonchev–Trinajstić information content (AvgIpc) is 2.72. The van der Waals surface area contributed by atoms with Crippen molar-refractivity contribution in [3.8, 4) is 22.6 Å². The predicted octanol–water partition coefficient (Wildman–Crippen LogP) is 6.32. The van der Waals surface area contributed by atoms with Gasteiger partial charge in [-0.05, 0) is 35.9 Å². The first-order chi connectivity index (χ1) is 12.9. The Bertz CT molecular complexity index is 1030. The summed E-state index contributed by atoms with van der Waals surface area (Å²) in [4.78, 5) is 6.62. The van der Waals surface area contributed by atoms with Gasteiger partial charge >= 0.3 is 0 Å². The minimum Gasteiger partial charge on any atom is -0.453 e. The highest BCUT2D eigenvalue weighted by Gasteiger charge is 2.26. The molecule has 3 heteroatoms. The number of rotatable bonds is 2. The topological polar surface area (TPSA) is 25.4 Å². The van der Waals surface area contributed by atoms with Crippen LogP contribution in [0.25, 0.3) is 11.1 Å². The number of nitrogens with zero attached hydrogens (tertiary/aromatic N) is 2. The second-order valence-corrected chi connectivity index (χ2v) is 6.13. The number of pyridine rings is 1. The van der Waals surface area contributed by atoms with Gasteiger partial charge < -0.3 is 9.64 Å². The maximum Gasteiger partial charge on any atom is 0.151 e. The minimum absolute atomic E-state index is 0.849. The van der Waals surface area contributed by atoms with E-state index >= 15 is 0 Å². The van der Waals surface area contributed by atoms with E-state index < -0.39 is 0 Å². The van der Waals surface area contributed by atoms with E-state index in [1.807, 2.05) is 67.0 Å². The van der Waals surface area contributed by atoms with Gasteiger partial charge in [0.1, 0.15) is 0 Å². The van der Waals surface area contributed by atoms with Crippen molar-refractivity contribution < 1.29 is 4.74 Å². The van der Waals surface area contributed by atoms with Crippen molar-refractivity contribution in [2.24, 2.45) is 0 Å². The molecule has 5 rings (SSSR count). The summed E-state index contributed by atoms with van der Waals surface area (Å²) in [6, 6.07) is 28.6. The Labute approximate surface area is 152 Å². The fourth-order valence-electron chi connectivity index (χ4n) is 3.39. The summed E-state index contributed by atoms with van der Waals surface area (Å²) in [6.07, 6.45) is 3.76. The number of para-hydroxylation sites is 4. The van der Waals surface area contributed by atoms with Crippen molar-refractivity contribution >= 4 is 17.1 Å². The molecular formula is C23H16N2O. The molecule has 1 aliphatic heterocycles. The Balaban J connectivity index is 1.78. The zero-order valence-corrected chi connectivity index (χ0v) is 14.0. The zero-order valence-electron chi connectivity index (χ0n) is 14.0. The summed E-state index contributed by atoms with van der Waals surface area (Å²) in [5.41, 5.74) is 5.34. The molecule has 3 aromatic carbocycles. The molecule has 0 fully saturated rings. The first-order valence-corrected chi connectivity index (χ1v) is 8.57. The summed E-state index contributed by atoms with van der Waals surface area (Å²) >= 11 is 0. The van der Waals surface area contributed by atoms with Crippen LogP contribution in [0.2, 0.25) is 0 Å². The molecule has 0 atom stereocenters. The van der Waals surface area contributed by atoms with Gasteiger partial charge in [0.25, 0.3) is 0 Å². The number of hydrogen-bond donors (Lipinski definition) is 0. The highest BCUT2D eigenvalue weighted by molar-refractivity contribution is 5.92. The number of hydrogen-bond acceptors (Lipinski definition) is 3. The molecular weight excluding hydrogens is 320 g/mol. The van der Waals surface area contributed by atoms with Crippen LogP contribution in [-0.2, 0) is 0 Å². The molecule has 1 aliphatic rings. The van der Waals surface area contributed by atoms with Gasteiger partial charge in [0, 0.05) is 18.0 Å². The lowest BCUT2D eigenvalue weighted by atomic mass is 10.0. The molecule has 0 spiro atoms.